The summed E-state index contributed by atoms with van der Waals surface area (Å²) in [5.74, 6) is -0.253. The van der Waals surface area contributed by atoms with Gasteiger partial charge < -0.3 is 15.4 Å². The van der Waals surface area contributed by atoms with E-state index in [1.54, 1.807) is 11.3 Å². The highest BCUT2D eigenvalue weighted by Crippen LogP contribution is 2.37. The maximum atomic E-state index is 12.4. The zero-order chi connectivity index (χ0) is 16.8. The van der Waals surface area contributed by atoms with Crippen molar-refractivity contribution in [2.75, 3.05) is 18.5 Å². The third-order valence-electron chi connectivity index (χ3n) is 3.68. The fourth-order valence-corrected chi connectivity index (χ4v) is 4.15. The molecule has 126 valence electrons. The van der Waals surface area contributed by atoms with E-state index in [-0.39, 0.29) is 5.97 Å². The van der Waals surface area contributed by atoms with E-state index >= 15 is 0 Å². The van der Waals surface area contributed by atoms with Gasteiger partial charge in [-0.25, -0.2) is 4.79 Å². The summed E-state index contributed by atoms with van der Waals surface area (Å²) in [6.07, 6.45) is 5.47. The number of ether oxygens (including phenoxy) is 1. The predicted molar refractivity (Wildman–Crippen MR) is 101 cm³/mol. The fraction of sp³-hybridized carbons (Fsp3) is 0.529. The summed E-state index contributed by atoms with van der Waals surface area (Å²) >= 11 is 6.95. The van der Waals surface area contributed by atoms with Gasteiger partial charge in [0.25, 0.3) is 0 Å². The molecule has 1 heterocycles. The Morgan fingerprint density at radius 2 is 2.09 bits per heavy atom. The summed E-state index contributed by atoms with van der Waals surface area (Å²) in [6, 6.07) is 0. The lowest BCUT2D eigenvalue weighted by Crippen LogP contribution is -2.29. The average molecular weight is 353 g/mol. The van der Waals surface area contributed by atoms with E-state index in [1.165, 1.54) is 17.7 Å². The molecule has 0 saturated heterocycles. The van der Waals surface area contributed by atoms with Crippen molar-refractivity contribution < 1.29 is 9.53 Å². The minimum absolute atomic E-state index is 0.253. The molecule has 4 nitrogen and oxygen atoms in total. The van der Waals surface area contributed by atoms with E-state index < -0.39 is 0 Å². The topological polar surface area (TPSA) is 50.4 Å². The van der Waals surface area contributed by atoms with Crippen LogP contribution in [0.2, 0.25) is 0 Å². The highest BCUT2D eigenvalue weighted by molar-refractivity contribution is 7.80. The summed E-state index contributed by atoms with van der Waals surface area (Å²) in [5.41, 5.74) is 2.83. The molecule has 2 N–H and O–H groups in total. The number of anilines is 1. The largest absolute Gasteiger partial charge is 0.462 e. The summed E-state index contributed by atoms with van der Waals surface area (Å²) < 4.78 is 5.26. The second kappa shape index (κ2) is 8.45. The van der Waals surface area contributed by atoms with E-state index in [2.05, 4.69) is 17.2 Å². The van der Waals surface area contributed by atoms with Gasteiger partial charge in [-0.1, -0.05) is 18.6 Å². The SMILES string of the molecule is C=C(C)CNC(=S)Nc1sc2c(c1C(=O)OCC)CCCCC2. The van der Waals surface area contributed by atoms with Gasteiger partial charge in [0.1, 0.15) is 5.00 Å². The summed E-state index contributed by atoms with van der Waals surface area (Å²) in [7, 11) is 0. The number of carbonyl (C=O) groups is 1. The molecule has 6 heteroatoms. The van der Waals surface area contributed by atoms with Gasteiger partial charge in [-0.15, -0.1) is 11.3 Å². The van der Waals surface area contributed by atoms with E-state index in [4.69, 9.17) is 17.0 Å². The zero-order valence-corrected chi connectivity index (χ0v) is 15.4. The lowest BCUT2D eigenvalue weighted by Gasteiger charge is -2.11. The van der Waals surface area contributed by atoms with Gasteiger partial charge in [0.05, 0.1) is 12.2 Å². The van der Waals surface area contributed by atoms with Crippen LogP contribution in [0.25, 0.3) is 0 Å². The average Bonchev–Trinajstić information content (AvgIpc) is 2.66. The molecule has 1 aromatic rings. The minimum atomic E-state index is -0.253. The number of fused-ring (bicyclic) bond motifs is 1. The predicted octanol–water partition coefficient (Wildman–Crippen LogP) is 4.06. The number of rotatable bonds is 5. The van der Waals surface area contributed by atoms with Gasteiger partial charge in [-0.05, 0) is 57.3 Å². The number of thiophene rings is 1. The van der Waals surface area contributed by atoms with E-state index in [1.807, 2.05) is 13.8 Å². The number of nitrogens with one attached hydrogen (secondary N) is 2. The molecule has 0 aliphatic heterocycles. The number of hydrogen-bond donors (Lipinski definition) is 2. The van der Waals surface area contributed by atoms with E-state index in [9.17, 15) is 4.79 Å². The lowest BCUT2D eigenvalue weighted by atomic mass is 10.1. The van der Waals surface area contributed by atoms with Crippen LogP contribution < -0.4 is 10.6 Å². The number of hydrogen-bond acceptors (Lipinski definition) is 4. The van der Waals surface area contributed by atoms with Crippen LogP contribution in [0.4, 0.5) is 5.00 Å². The van der Waals surface area contributed by atoms with Crippen LogP contribution in [0, 0.1) is 0 Å². The van der Waals surface area contributed by atoms with Crippen molar-refractivity contribution in [3.8, 4) is 0 Å². The van der Waals surface area contributed by atoms with Crippen molar-refractivity contribution in [1.82, 2.24) is 5.32 Å². The number of carbonyl (C=O) groups excluding carboxylic acids is 1. The van der Waals surface area contributed by atoms with Crippen molar-refractivity contribution in [2.45, 2.75) is 46.0 Å². The summed E-state index contributed by atoms with van der Waals surface area (Å²) in [5, 5.41) is 7.59. The molecule has 0 unspecified atom stereocenters. The Labute approximate surface area is 147 Å². The molecule has 0 spiro atoms. The summed E-state index contributed by atoms with van der Waals surface area (Å²) in [4.78, 5) is 13.7. The molecular weight excluding hydrogens is 328 g/mol. The van der Waals surface area contributed by atoms with Crippen molar-refractivity contribution in [3.63, 3.8) is 0 Å². The molecule has 0 bridgehead atoms. The van der Waals surface area contributed by atoms with Crippen LogP contribution in [0.15, 0.2) is 12.2 Å². The maximum absolute atomic E-state index is 12.4. The van der Waals surface area contributed by atoms with Crippen molar-refractivity contribution in [3.05, 3.63) is 28.2 Å². The van der Waals surface area contributed by atoms with Gasteiger partial charge in [0.2, 0.25) is 0 Å². The molecule has 0 fully saturated rings. The first-order chi connectivity index (χ1) is 11.0. The Kier molecular flexibility index (Phi) is 6.59. The van der Waals surface area contributed by atoms with Gasteiger partial charge in [-0.2, -0.15) is 0 Å². The molecule has 1 aromatic heterocycles. The summed E-state index contributed by atoms with van der Waals surface area (Å²) in [6.45, 7) is 8.61. The van der Waals surface area contributed by atoms with Crippen LogP contribution in [0.5, 0.6) is 0 Å². The van der Waals surface area contributed by atoms with E-state index in [0.717, 1.165) is 35.4 Å². The molecule has 1 aliphatic carbocycles. The van der Waals surface area contributed by atoms with Crippen molar-refractivity contribution >= 4 is 39.6 Å². The first kappa shape index (κ1) is 17.9. The molecule has 0 radical (unpaired) electrons. The Morgan fingerprint density at radius 3 is 2.78 bits per heavy atom. The highest BCUT2D eigenvalue weighted by atomic mass is 32.1. The standard InChI is InChI=1S/C17H24N2O2S2/c1-4-21-16(20)14-12-8-6-5-7-9-13(12)23-15(14)19-17(22)18-10-11(2)3/h2,4-10H2,1,3H3,(H2,18,19,22). The normalized spacial score (nSPS) is 13.7. The van der Waals surface area contributed by atoms with Crippen LogP contribution in [-0.4, -0.2) is 24.2 Å². The zero-order valence-electron chi connectivity index (χ0n) is 13.8. The molecule has 0 atom stereocenters. The second-order valence-corrected chi connectivity index (χ2v) is 7.27. The molecule has 2 rings (SSSR count). The molecule has 23 heavy (non-hydrogen) atoms. The van der Waals surface area contributed by atoms with Gasteiger partial charge in [0, 0.05) is 11.4 Å². The Morgan fingerprint density at radius 1 is 1.35 bits per heavy atom. The number of thiocarbonyl (C=S) groups is 1. The fourth-order valence-electron chi connectivity index (χ4n) is 2.63. The molecule has 1 aliphatic rings. The minimum Gasteiger partial charge on any atom is -0.462 e. The van der Waals surface area contributed by atoms with Crippen LogP contribution in [0.1, 0.15) is 53.9 Å². The van der Waals surface area contributed by atoms with Gasteiger partial charge >= 0.3 is 5.97 Å². The van der Waals surface area contributed by atoms with Crippen LogP contribution in [0.3, 0.4) is 0 Å². The smallest absolute Gasteiger partial charge is 0.341 e. The quantitative estimate of drug-likeness (QED) is 0.362. The van der Waals surface area contributed by atoms with Crippen LogP contribution >= 0.6 is 23.6 Å². The second-order valence-electron chi connectivity index (χ2n) is 5.75. The third-order valence-corrected chi connectivity index (χ3v) is 5.13. The number of esters is 1. The van der Waals surface area contributed by atoms with Crippen molar-refractivity contribution in [2.24, 2.45) is 0 Å². The Hall–Kier alpha value is -1.40. The highest BCUT2D eigenvalue weighted by Gasteiger charge is 2.26. The van der Waals surface area contributed by atoms with Gasteiger partial charge in [0.15, 0.2) is 5.11 Å². The molecule has 0 amide bonds. The molecule has 0 aromatic carbocycles. The molecule has 0 saturated carbocycles. The first-order valence-corrected chi connectivity index (χ1v) is 9.26. The number of aryl methyl sites for hydroxylation is 1. The Bertz CT molecular complexity index is 608. The van der Waals surface area contributed by atoms with E-state index in [0.29, 0.717) is 23.8 Å². The van der Waals surface area contributed by atoms with Gasteiger partial charge in [-0.3, -0.25) is 0 Å². The maximum Gasteiger partial charge on any atom is 0.341 e. The third kappa shape index (κ3) is 4.78. The first-order valence-electron chi connectivity index (χ1n) is 8.03. The molecular formula is C17H24N2O2S2. The lowest BCUT2D eigenvalue weighted by molar-refractivity contribution is 0.0527. The Balaban J connectivity index is 2.25. The van der Waals surface area contributed by atoms with Crippen molar-refractivity contribution in [1.29, 1.82) is 0 Å². The van der Waals surface area contributed by atoms with Crippen LogP contribution in [-0.2, 0) is 17.6 Å². The monoisotopic (exact) mass is 352 g/mol.